The molecule has 0 aliphatic heterocycles. The zero-order valence-corrected chi connectivity index (χ0v) is 11.3. The fourth-order valence-corrected chi connectivity index (χ4v) is 1.58. The number of rotatable bonds is 7. The molecule has 0 heterocycles. The molecule has 1 N–H and O–H groups in total. The van der Waals surface area contributed by atoms with E-state index >= 15 is 0 Å². The van der Waals surface area contributed by atoms with Crippen LogP contribution in [-0.2, 0) is 4.79 Å². The second kappa shape index (κ2) is 7.44. The molecule has 2 unspecified atom stereocenters. The first-order valence-corrected chi connectivity index (χ1v) is 5.98. The van der Waals surface area contributed by atoms with Gasteiger partial charge >= 0.3 is 0 Å². The van der Waals surface area contributed by atoms with Gasteiger partial charge in [0.05, 0.1) is 6.04 Å². The average molecular weight is 226 g/mol. The lowest BCUT2D eigenvalue weighted by Crippen LogP contribution is -2.50. The van der Waals surface area contributed by atoms with E-state index in [-0.39, 0.29) is 11.9 Å². The maximum Gasteiger partial charge on any atom is 0.239 e. The molecule has 0 aromatic heterocycles. The van der Waals surface area contributed by atoms with Gasteiger partial charge in [-0.2, -0.15) is 0 Å². The number of carbonyl (C=O) groups excluding carboxylic acids is 1. The van der Waals surface area contributed by atoms with Crippen molar-refractivity contribution in [2.24, 2.45) is 5.92 Å². The van der Waals surface area contributed by atoms with Crippen molar-refractivity contribution in [2.45, 2.75) is 45.7 Å². The van der Waals surface area contributed by atoms with E-state index in [2.05, 4.69) is 32.7 Å². The average Bonchev–Trinajstić information content (AvgIpc) is 2.21. The smallest absolute Gasteiger partial charge is 0.239 e. The largest absolute Gasteiger partial charge is 0.347 e. The number of hydrogen-bond donors (Lipinski definition) is 1. The zero-order chi connectivity index (χ0) is 12.7. The number of nitrogens with one attached hydrogen (secondary N) is 1. The Balaban J connectivity index is 4.33. The lowest BCUT2D eigenvalue weighted by atomic mass is 10.0. The van der Waals surface area contributed by atoms with Crippen LogP contribution in [-0.4, -0.2) is 37.0 Å². The number of allylic oxidation sites excluding steroid dienone is 1. The van der Waals surface area contributed by atoms with Crippen LogP contribution in [0.3, 0.4) is 0 Å². The fourth-order valence-electron chi connectivity index (χ4n) is 1.58. The van der Waals surface area contributed by atoms with Gasteiger partial charge in [0, 0.05) is 20.1 Å². The molecular weight excluding hydrogens is 200 g/mol. The molecule has 0 fully saturated rings. The van der Waals surface area contributed by atoms with E-state index in [1.165, 1.54) is 0 Å². The molecule has 0 radical (unpaired) electrons. The molecule has 1 amide bonds. The van der Waals surface area contributed by atoms with Gasteiger partial charge < -0.3 is 10.2 Å². The molecule has 0 saturated heterocycles. The monoisotopic (exact) mass is 226 g/mol. The number of amides is 1. The molecule has 0 aromatic carbocycles. The van der Waals surface area contributed by atoms with Gasteiger partial charge in [0.15, 0.2) is 0 Å². The molecule has 0 spiro atoms. The van der Waals surface area contributed by atoms with E-state index < -0.39 is 0 Å². The van der Waals surface area contributed by atoms with E-state index in [4.69, 9.17) is 0 Å². The van der Waals surface area contributed by atoms with Crippen molar-refractivity contribution in [1.82, 2.24) is 10.2 Å². The minimum atomic E-state index is -0.0881. The molecule has 0 rings (SSSR count). The van der Waals surface area contributed by atoms with Gasteiger partial charge in [-0.15, -0.1) is 6.58 Å². The molecule has 0 aliphatic carbocycles. The minimum absolute atomic E-state index is 0.0881. The third-order valence-corrected chi connectivity index (χ3v) is 2.64. The molecule has 3 heteroatoms. The highest BCUT2D eigenvalue weighted by atomic mass is 16.2. The quantitative estimate of drug-likeness (QED) is 0.674. The van der Waals surface area contributed by atoms with Crippen LogP contribution < -0.4 is 5.32 Å². The Kier molecular flexibility index (Phi) is 7.06. The van der Waals surface area contributed by atoms with Crippen LogP contribution in [0.4, 0.5) is 0 Å². The molecule has 0 bridgehead atoms. The van der Waals surface area contributed by atoms with Crippen molar-refractivity contribution in [2.75, 3.05) is 14.1 Å². The third-order valence-electron chi connectivity index (χ3n) is 2.64. The fraction of sp³-hybridized carbons (Fsp3) is 0.769. The van der Waals surface area contributed by atoms with Crippen molar-refractivity contribution in [3.05, 3.63) is 12.7 Å². The van der Waals surface area contributed by atoms with E-state index in [1.807, 2.05) is 6.08 Å². The Morgan fingerprint density at radius 2 is 1.94 bits per heavy atom. The SMILES string of the molecule is C=CCCC(C)NC(C(=O)N(C)C)C(C)C. The summed E-state index contributed by atoms with van der Waals surface area (Å²) in [5.41, 5.74) is 0. The predicted octanol–water partition coefficient (Wildman–Crippen LogP) is 2.04. The topological polar surface area (TPSA) is 32.3 Å². The van der Waals surface area contributed by atoms with E-state index in [9.17, 15) is 4.79 Å². The third kappa shape index (κ3) is 5.31. The van der Waals surface area contributed by atoms with Gasteiger partial charge in [-0.05, 0) is 25.7 Å². The molecule has 0 aliphatic rings. The summed E-state index contributed by atoms with van der Waals surface area (Å²) in [6.07, 6.45) is 3.92. The summed E-state index contributed by atoms with van der Waals surface area (Å²) in [6.45, 7) is 9.96. The highest BCUT2D eigenvalue weighted by Gasteiger charge is 2.24. The van der Waals surface area contributed by atoms with Gasteiger partial charge in [0.1, 0.15) is 0 Å². The Morgan fingerprint density at radius 3 is 2.31 bits per heavy atom. The maximum atomic E-state index is 11.9. The van der Waals surface area contributed by atoms with Gasteiger partial charge in [0.25, 0.3) is 0 Å². The minimum Gasteiger partial charge on any atom is -0.347 e. The Bertz CT molecular complexity index is 224. The summed E-state index contributed by atoms with van der Waals surface area (Å²) in [6, 6.07) is 0.254. The van der Waals surface area contributed by atoms with Gasteiger partial charge in [-0.3, -0.25) is 4.79 Å². The summed E-state index contributed by atoms with van der Waals surface area (Å²) in [5, 5.41) is 3.39. The summed E-state index contributed by atoms with van der Waals surface area (Å²) in [7, 11) is 3.60. The van der Waals surface area contributed by atoms with Crippen molar-refractivity contribution in [3.63, 3.8) is 0 Å². The van der Waals surface area contributed by atoms with Crippen molar-refractivity contribution < 1.29 is 4.79 Å². The van der Waals surface area contributed by atoms with E-state index in [0.29, 0.717) is 12.0 Å². The Morgan fingerprint density at radius 1 is 1.38 bits per heavy atom. The second-order valence-electron chi connectivity index (χ2n) is 4.89. The number of hydrogen-bond acceptors (Lipinski definition) is 2. The van der Waals surface area contributed by atoms with Crippen molar-refractivity contribution in [3.8, 4) is 0 Å². The molecule has 2 atom stereocenters. The summed E-state index contributed by atoms with van der Waals surface area (Å²) < 4.78 is 0. The van der Waals surface area contributed by atoms with Crippen molar-refractivity contribution in [1.29, 1.82) is 0 Å². The summed E-state index contributed by atoms with van der Waals surface area (Å²) in [5.74, 6) is 0.460. The first kappa shape index (κ1) is 15.2. The molecule has 94 valence electrons. The summed E-state index contributed by atoms with van der Waals surface area (Å²) >= 11 is 0. The van der Waals surface area contributed by atoms with Crippen LogP contribution in [0.15, 0.2) is 12.7 Å². The first-order chi connectivity index (χ1) is 7.40. The molecule has 3 nitrogen and oxygen atoms in total. The van der Waals surface area contributed by atoms with Gasteiger partial charge in [-0.25, -0.2) is 0 Å². The predicted molar refractivity (Wildman–Crippen MR) is 69.3 cm³/mol. The molecule has 0 aromatic rings. The lowest BCUT2D eigenvalue weighted by molar-refractivity contribution is -0.132. The standard InChI is InChI=1S/C13H26N2O/c1-7-8-9-11(4)14-12(10(2)3)13(16)15(5)6/h7,10-12,14H,1,8-9H2,2-6H3. The lowest BCUT2D eigenvalue weighted by Gasteiger charge is -2.27. The normalized spacial score (nSPS) is 14.6. The Hall–Kier alpha value is -0.830. The maximum absolute atomic E-state index is 11.9. The van der Waals surface area contributed by atoms with Crippen molar-refractivity contribution >= 4 is 5.91 Å². The van der Waals surface area contributed by atoms with Crippen LogP contribution in [0.5, 0.6) is 0 Å². The second-order valence-corrected chi connectivity index (χ2v) is 4.89. The first-order valence-electron chi connectivity index (χ1n) is 5.98. The van der Waals surface area contributed by atoms with Gasteiger partial charge in [-0.1, -0.05) is 19.9 Å². The molecular formula is C13H26N2O. The zero-order valence-electron chi connectivity index (χ0n) is 11.3. The van der Waals surface area contributed by atoms with Gasteiger partial charge in [0.2, 0.25) is 5.91 Å². The van der Waals surface area contributed by atoms with E-state index in [1.54, 1.807) is 19.0 Å². The number of likely N-dealkylation sites (N-methyl/N-ethyl adjacent to an activating group) is 1. The summed E-state index contributed by atoms with van der Waals surface area (Å²) in [4.78, 5) is 13.6. The van der Waals surface area contributed by atoms with Crippen LogP contribution >= 0.6 is 0 Å². The van der Waals surface area contributed by atoms with E-state index in [0.717, 1.165) is 12.8 Å². The Labute approximate surface area is 99.9 Å². The van der Waals surface area contributed by atoms with Crippen LogP contribution in [0, 0.1) is 5.92 Å². The van der Waals surface area contributed by atoms with Crippen LogP contribution in [0.25, 0.3) is 0 Å². The number of carbonyl (C=O) groups is 1. The molecule has 0 saturated carbocycles. The highest BCUT2D eigenvalue weighted by Crippen LogP contribution is 2.07. The highest BCUT2D eigenvalue weighted by molar-refractivity contribution is 5.81. The van der Waals surface area contributed by atoms with Crippen LogP contribution in [0.1, 0.15) is 33.6 Å². The number of nitrogens with zero attached hydrogens (tertiary/aromatic N) is 1. The van der Waals surface area contributed by atoms with Crippen LogP contribution in [0.2, 0.25) is 0 Å². The molecule has 16 heavy (non-hydrogen) atoms.